The normalized spacial score (nSPS) is 18.1. The predicted molar refractivity (Wildman–Crippen MR) is 55.5 cm³/mol. The second kappa shape index (κ2) is 4.67. The van der Waals surface area contributed by atoms with Crippen LogP contribution in [0.4, 0.5) is 0 Å². The van der Waals surface area contributed by atoms with Crippen LogP contribution in [0.25, 0.3) is 0 Å². The second-order valence-corrected chi connectivity index (χ2v) is 5.10. The van der Waals surface area contributed by atoms with Crippen molar-refractivity contribution in [2.45, 2.75) is 6.54 Å². The van der Waals surface area contributed by atoms with Crippen molar-refractivity contribution in [2.75, 3.05) is 24.6 Å². The summed E-state index contributed by atoms with van der Waals surface area (Å²) >= 11 is -0.735. The fourth-order valence-corrected chi connectivity index (χ4v) is 2.53. The van der Waals surface area contributed by atoms with E-state index in [1.54, 1.807) is 22.0 Å². The number of hydrogen-bond acceptors (Lipinski definition) is 3. The number of imidazole rings is 1. The lowest BCUT2D eigenvalue weighted by molar-refractivity contribution is -0.131. The predicted octanol–water partition coefficient (Wildman–Crippen LogP) is -0.726. The van der Waals surface area contributed by atoms with E-state index in [4.69, 9.17) is 0 Å². The van der Waals surface area contributed by atoms with Crippen molar-refractivity contribution >= 4 is 17.1 Å². The average Bonchev–Trinajstić information content (AvgIpc) is 2.71. The Morgan fingerprint density at radius 2 is 2.27 bits per heavy atom. The Labute approximate surface area is 91.3 Å². The number of aromatic nitrogens is 2. The first-order chi connectivity index (χ1) is 7.25. The molecule has 1 fully saturated rings. The van der Waals surface area contributed by atoms with Crippen LogP contribution in [0.2, 0.25) is 0 Å². The number of nitrogens with zero attached hydrogens (tertiary/aromatic N) is 3. The van der Waals surface area contributed by atoms with E-state index in [0.29, 0.717) is 31.1 Å². The van der Waals surface area contributed by atoms with Crippen LogP contribution in [0, 0.1) is 6.20 Å². The number of carbonyl (C=O) groups excluding carboxylic acids is 1. The highest BCUT2D eigenvalue weighted by molar-refractivity contribution is 7.91. The quantitative estimate of drug-likeness (QED) is 0.625. The molecule has 1 saturated heterocycles. The molecular formula is C9H12N3O2S. The molecule has 5 nitrogen and oxygen atoms in total. The standard InChI is InChI=1S/C9H12N3O2S/c13-9(7-11-2-1-10-8-11)12-3-5-15(14)6-4-12/h2,8H,3-7H2. The highest BCUT2D eigenvalue weighted by atomic mass is 32.2. The van der Waals surface area contributed by atoms with Crippen LogP contribution < -0.4 is 0 Å². The first kappa shape index (κ1) is 10.5. The van der Waals surface area contributed by atoms with E-state index in [1.165, 1.54) is 0 Å². The summed E-state index contributed by atoms with van der Waals surface area (Å²) in [6, 6.07) is 0. The van der Waals surface area contributed by atoms with Crippen molar-refractivity contribution in [1.82, 2.24) is 14.5 Å². The summed E-state index contributed by atoms with van der Waals surface area (Å²) in [7, 11) is 0. The molecule has 1 amide bonds. The van der Waals surface area contributed by atoms with Gasteiger partial charge in [-0.05, 0) is 0 Å². The maximum atomic E-state index is 11.7. The van der Waals surface area contributed by atoms with Gasteiger partial charge in [0.2, 0.25) is 5.91 Å². The fourth-order valence-electron chi connectivity index (χ4n) is 1.48. The monoisotopic (exact) mass is 226 g/mol. The highest BCUT2D eigenvalue weighted by Crippen LogP contribution is 2.04. The van der Waals surface area contributed by atoms with Gasteiger partial charge in [-0.1, -0.05) is 11.2 Å². The van der Waals surface area contributed by atoms with E-state index in [1.807, 2.05) is 0 Å². The minimum absolute atomic E-state index is 0.0538. The van der Waals surface area contributed by atoms with Gasteiger partial charge in [-0.2, -0.15) is 0 Å². The summed E-state index contributed by atoms with van der Waals surface area (Å²) in [5.74, 6) is 1.25. The first-order valence-corrected chi connectivity index (χ1v) is 6.25. The number of amides is 1. The molecule has 81 valence electrons. The molecule has 0 unspecified atom stereocenters. The molecule has 0 spiro atoms. The lowest BCUT2D eigenvalue weighted by Gasteiger charge is -2.28. The van der Waals surface area contributed by atoms with Gasteiger partial charge in [0.25, 0.3) is 0 Å². The Kier molecular flexibility index (Phi) is 3.27. The van der Waals surface area contributed by atoms with Gasteiger partial charge in [-0.15, -0.1) is 0 Å². The second-order valence-electron chi connectivity index (χ2n) is 3.40. The summed E-state index contributed by atoms with van der Waals surface area (Å²) in [6.07, 6.45) is 5.85. The molecule has 6 heteroatoms. The van der Waals surface area contributed by atoms with Crippen molar-refractivity contribution in [2.24, 2.45) is 0 Å². The highest BCUT2D eigenvalue weighted by Gasteiger charge is 2.23. The molecule has 0 aromatic carbocycles. The van der Waals surface area contributed by atoms with E-state index < -0.39 is 11.2 Å². The number of rotatable bonds is 2. The van der Waals surface area contributed by atoms with E-state index in [0.717, 1.165) is 0 Å². The van der Waals surface area contributed by atoms with Crippen molar-refractivity contribution in [3.63, 3.8) is 0 Å². The third-order valence-corrected chi connectivity index (χ3v) is 3.63. The molecule has 0 aliphatic carbocycles. The molecule has 1 aliphatic heterocycles. The minimum Gasteiger partial charge on any atom is -0.616 e. The Hall–Kier alpha value is -1.01. The van der Waals surface area contributed by atoms with Gasteiger partial charge in [0.15, 0.2) is 0 Å². The summed E-state index contributed by atoms with van der Waals surface area (Å²) in [5, 5.41) is 0. The minimum atomic E-state index is -0.735. The van der Waals surface area contributed by atoms with Crippen LogP contribution >= 0.6 is 0 Å². The van der Waals surface area contributed by atoms with Gasteiger partial charge >= 0.3 is 0 Å². The summed E-state index contributed by atoms with van der Waals surface area (Å²) < 4.78 is 12.8. The molecule has 0 N–H and O–H groups in total. The molecule has 0 bridgehead atoms. The third kappa shape index (κ3) is 2.73. The first-order valence-electron chi connectivity index (χ1n) is 4.76. The van der Waals surface area contributed by atoms with Gasteiger partial charge in [0.05, 0.1) is 19.4 Å². The maximum absolute atomic E-state index is 11.7. The molecule has 2 rings (SSSR count). The number of carbonyl (C=O) groups is 1. The maximum Gasteiger partial charge on any atom is 0.242 e. The lowest BCUT2D eigenvalue weighted by Crippen LogP contribution is -2.44. The van der Waals surface area contributed by atoms with E-state index in [2.05, 4.69) is 11.2 Å². The van der Waals surface area contributed by atoms with Crippen molar-refractivity contribution in [3.8, 4) is 0 Å². The Balaban J connectivity index is 1.86. The smallest absolute Gasteiger partial charge is 0.242 e. The topological polar surface area (TPSA) is 61.2 Å². The summed E-state index contributed by atoms with van der Waals surface area (Å²) in [5.41, 5.74) is 0. The molecule has 15 heavy (non-hydrogen) atoms. The van der Waals surface area contributed by atoms with E-state index >= 15 is 0 Å². The fraction of sp³-hybridized carbons (Fsp3) is 0.556. The van der Waals surface area contributed by atoms with E-state index in [-0.39, 0.29) is 5.91 Å². The SMILES string of the molecule is O=C(Cn1c[c]nc1)N1CC[S+]([O-])CC1. The molecule has 1 radical (unpaired) electrons. The zero-order valence-electron chi connectivity index (χ0n) is 8.26. The molecule has 0 saturated carbocycles. The third-order valence-electron chi connectivity index (χ3n) is 2.35. The van der Waals surface area contributed by atoms with Gasteiger partial charge in [-0.25, -0.2) is 4.98 Å². The van der Waals surface area contributed by atoms with Crippen LogP contribution in [0.5, 0.6) is 0 Å². The van der Waals surface area contributed by atoms with Gasteiger partial charge < -0.3 is 14.0 Å². The van der Waals surface area contributed by atoms with Crippen LogP contribution in [-0.2, 0) is 22.5 Å². The zero-order chi connectivity index (χ0) is 10.7. The van der Waals surface area contributed by atoms with Gasteiger partial charge in [0.1, 0.15) is 24.2 Å². The van der Waals surface area contributed by atoms with Crippen LogP contribution in [0.3, 0.4) is 0 Å². The van der Waals surface area contributed by atoms with Gasteiger partial charge in [0, 0.05) is 6.20 Å². The molecule has 1 aromatic rings. The van der Waals surface area contributed by atoms with Crippen LogP contribution in [-0.4, -0.2) is 49.5 Å². The van der Waals surface area contributed by atoms with Crippen LogP contribution in [0.1, 0.15) is 0 Å². The molecule has 1 aliphatic rings. The summed E-state index contributed by atoms with van der Waals surface area (Å²) in [4.78, 5) is 17.2. The van der Waals surface area contributed by atoms with Gasteiger partial charge in [-0.3, -0.25) is 4.79 Å². The Morgan fingerprint density at radius 1 is 1.53 bits per heavy atom. The Morgan fingerprint density at radius 3 is 2.87 bits per heavy atom. The summed E-state index contributed by atoms with van der Waals surface area (Å²) in [6.45, 7) is 1.50. The van der Waals surface area contributed by atoms with Crippen molar-refractivity contribution < 1.29 is 9.35 Å². The molecule has 1 aromatic heterocycles. The average molecular weight is 226 g/mol. The largest absolute Gasteiger partial charge is 0.616 e. The van der Waals surface area contributed by atoms with Crippen molar-refractivity contribution in [1.29, 1.82) is 0 Å². The zero-order valence-corrected chi connectivity index (χ0v) is 9.07. The van der Waals surface area contributed by atoms with Crippen LogP contribution in [0.15, 0.2) is 12.5 Å². The molecule has 0 atom stereocenters. The Bertz CT molecular complexity index is 320. The number of hydrogen-bond donors (Lipinski definition) is 0. The van der Waals surface area contributed by atoms with Crippen molar-refractivity contribution in [3.05, 3.63) is 18.7 Å². The lowest BCUT2D eigenvalue weighted by atomic mass is 10.4. The van der Waals surface area contributed by atoms with E-state index in [9.17, 15) is 9.35 Å². The molecule has 2 heterocycles. The molecular weight excluding hydrogens is 214 g/mol.